The molecule has 0 unspecified atom stereocenters. The number of phenols is 1. The molecule has 0 aliphatic heterocycles. The maximum absolute atomic E-state index is 10.6. The second-order valence-electron chi connectivity index (χ2n) is 6.59. The van der Waals surface area contributed by atoms with E-state index >= 15 is 0 Å². The Balaban J connectivity index is 1.94. The Bertz CT molecular complexity index is 1100. The van der Waals surface area contributed by atoms with Crippen LogP contribution in [0.15, 0.2) is 65.1 Å². The first-order valence-corrected chi connectivity index (χ1v) is 9.25. The van der Waals surface area contributed by atoms with Crippen LogP contribution in [0.25, 0.3) is 22.2 Å². The van der Waals surface area contributed by atoms with Crippen LogP contribution in [0.2, 0.25) is 0 Å². The highest BCUT2D eigenvalue weighted by Crippen LogP contribution is 2.40. The second kappa shape index (κ2) is 6.54. The molecular formula is C22H19BrN2O. The summed E-state index contributed by atoms with van der Waals surface area (Å²) in [5, 5.41) is 11.8. The SMILES string of the molecule is Cc1cc(Br)c(O)c(-c2[nH]c3ccccc3c2Cc2ccc(N)cc2)c1. The van der Waals surface area contributed by atoms with Crippen LogP contribution in [0.3, 0.4) is 0 Å². The van der Waals surface area contributed by atoms with Crippen molar-refractivity contribution in [1.82, 2.24) is 4.98 Å². The summed E-state index contributed by atoms with van der Waals surface area (Å²) in [5.41, 5.74) is 12.8. The van der Waals surface area contributed by atoms with Crippen molar-refractivity contribution in [2.75, 3.05) is 5.73 Å². The van der Waals surface area contributed by atoms with Gasteiger partial charge < -0.3 is 15.8 Å². The molecule has 1 heterocycles. The van der Waals surface area contributed by atoms with Crippen molar-refractivity contribution in [3.8, 4) is 17.0 Å². The summed E-state index contributed by atoms with van der Waals surface area (Å²) in [6, 6.07) is 20.1. The predicted octanol–water partition coefficient (Wildman–Crippen LogP) is 5.78. The van der Waals surface area contributed by atoms with Gasteiger partial charge in [-0.1, -0.05) is 30.3 Å². The van der Waals surface area contributed by atoms with E-state index in [1.165, 1.54) is 5.56 Å². The molecule has 26 heavy (non-hydrogen) atoms. The molecule has 0 saturated carbocycles. The van der Waals surface area contributed by atoms with Crippen molar-refractivity contribution in [1.29, 1.82) is 0 Å². The molecule has 0 atom stereocenters. The number of fused-ring (bicyclic) bond motifs is 1. The average Bonchev–Trinajstić information content (AvgIpc) is 2.98. The van der Waals surface area contributed by atoms with Gasteiger partial charge in [-0.05, 0) is 69.9 Å². The van der Waals surface area contributed by atoms with Gasteiger partial charge in [-0.3, -0.25) is 0 Å². The third-order valence-corrected chi connectivity index (χ3v) is 5.26. The molecule has 130 valence electrons. The number of nitrogens with two attached hydrogens (primary N) is 1. The molecular weight excluding hydrogens is 388 g/mol. The average molecular weight is 407 g/mol. The van der Waals surface area contributed by atoms with Crippen molar-refractivity contribution >= 4 is 32.5 Å². The largest absolute Gasteiger partial charge is 0.506 e. The fourth-order valence-corrected chi connectivity index (χ4v) is 3.95. The maximum Gasteiger partial charge on any atom is 0.139 e. The van der Waals surface area contributed by atoms with Gasteiger partial charge in [-0.15, -0.1) is 0 Å². The molecule has 0 spiro atoms. The molecule has 4 aromatic rings. The van der Waals surface area contributed by atoms with Crippen LogP contribution in [-0.4, -0.2) is 10.1 Å². The molecule has 0 saturated heterocycles. The van der Waals surface area contributed by atoms with E-state index in [0.717, 1.165) is 45.4 Å². The zero-order valence-corrected chi connectivity index (χ0v) is 16.0. The number of H-pyrrole nitrogens is 1. The smallest absolute Gasteiger partial charge is 0.139 e. The van der Waals surface area contributed by atoms with E-state index in [1.807, 2.05) is 55.5 Å². The van der Waals surface area contributed by atoms with Crippen LogP contribution >= 0.6 is 15.9 Å². The number of hydrogen-bond acceptors (Lipinski definition) is 2. The zero-order valence-electron chi connectivity index (χ0n) is 14.4. The molecule has 0 aliphatic carbocycles. The lowest BCUT2D eigenvalue weighted by molar-refractivity contribution is 0.473. The lowest BCUT2D eigenvalue weighted by Crippen LogP contribution is -1.93. The molecule has 0 amide bonds. The summed E-state index contributed by atoms with van der Waals surface area (Å²) in [5.74, 6) is 0.251. The van der Waals surface area contributed by atoms with E-state index in [4.69, 9.17) is 5.73 Å². The quantitative estimate of drug-likeness (QED) is 0.377. The molecule has 4 N–H and O–H groups in total. The number of nitrogen functional groups attached to an aromatic ring is 1. The lowest BCUT2D eigenvalue weighted by Gasteiger charge is -2.10. The fraction of sp³-hybridized carbons (Fsp3) is 0.0909. The molecule has 4 rings (SSSR count). The van der Waals surface area contributed by atoms with Crippen LogP contribution in [-0.2, 0) is 6.42 Å². The summed E-state index contributed by atoms with van der Waals surface area (Å²) in [7, 11) is 0. The van der Waals surface area contributed by atoms with Crippen molar-refractivity contribution in [3.63, 3.8) is 0 Å². The highest BCUT2D eigenvalue weighted by atomic mass is 79.9. The standard InChI is InChI=1S/C22H19BrN2O/c1-13-10-18(22(26)19(23)11-13)21-17(12-14-6-8-15(24)9-7-14)16-4-2-3-5-20(16)25-21/h2-11,25-26H,12,24H2,1H3. The van der Waals surface area contributed by atoms with E-state index in [2.05, 4.69) is 33.0 Å². The van der Waals surface area contributed by atoms with E-state index in [1.54, 1.807) is 0 Å². The van der Waals surface area contributed by atoms with Gasteiger partial charge in [0.05, 0.1) is 10.2 Å². The highest BCUT2D eigenvalue weighted by molar-refractivity contribution is 9.10. The summed E-state index contributed by atoms with van der Waals surface area (Å²) in [4.78, 5) is 3.50. The van der Waals surface area contributed by atoms with Crippen molar-refractivity contribution in [3.05, 3.63) is 81.8 Å². The second-order valence-corrected chi connectivity index (χ2v) is 7.44. The molecule has 0 fully saturated rings. The Hall–Kier alpha value is -2.72. The minimum atomic E-state index is 0.251. The topological polar surface area (TPSA) is 62.0 Å². The van der Waals surface area contributed by atoms with Gasteiger partial charge in [0.2, 0.25) is 0 Å². The number of rotatable bonds is 3. The van der Waals surface area contributed by atoms with Gasteiger partial charge in [0, 0.05) is 28.6 Å². The number of phenolic OH excluding ortho intramolecular Hbond substituents is 1. The Kier molecular flexibility index (Phi) is 4.21. The van der Waals surface area contributed by atoms with E-state index in [9.17, 15) is 5.11 Å². The number of nitrogens with one attached hydrogen (secondary N) is 1. The predicted molar refractivity (Wildman–Crippen MR) is 111 cm³/mol. The first kappa shape index (κ1) is 16.7. The number of hydrogen-bond donors (Lipinski definition) is 3. The Labute approximate surface area is 160 Å². The minimum absolute atomic E-state index is 0.251. The number of aromatic nitrogens is 1. The van der Waals surface area contributed by atoms with Crippen LogP contribution < -0.4 is 5.73 Å². The molecule has 0 radical (unpaired) electrons. The van der Waals surface area contributed by atoms with Gasteiger partial charge in [-0.2, -0.15) is 0 Å². The third-order valence-electron chi connectivity index (χ3n) is 4.65. The number of aromatic amines is 1. The number of anilines is 1. The molecule has 3 aromatic carbocycles. The Morgan fingerprint density at radius 2 is 1.77 bits per heavy atom. The van der Waals surface area contributed by atoms with Gasteiger partial charge >= 0.3 is 0 Å². The van der Waals surface area contributed by atoms with Crippen molar-refractivity contribution in [2.24, 2.45) is 0 Å². The van der Waals surface area contributed by atoms with Crippen molar-refractivity contribution in [2.45, 2.75) is 13.3 Å². The van der Waals surface area contributed by atoms with Gasteiger partial charge in [0.15, 0.2) is 0 Å². The first-order chi connectivity index (χ1) is 12.5. The van der Waals surface area contributed by atoms with Crippen LogP contribution in [0.1, 0.15) is 16.7 Å². The monoisotopic (exact) mass is 406 g/mol. The number of para-hydroxylation sites is 1. The van der Waals surface area contributed by atoms with E-state index in [0.29, 0.717) is 4.47 Å². The first-order valence-electron chi connectivity index (χ1n) is 8.46. The number of aryl methyl sites for hydroxylation is 1. The van der Waals surface area contributed by atoms with Gasteiger partial charge in [-0.25, -0.2) is 0 Å². The lowest BCUT2D eigenvalue weighted by atomic mass is 9.97. The highest BCUT2D eigenvalue weighted by Gasteiger charge is 2.18. The summed E-state index contributed by atoms with van der Waals surface area (Å²) in [6.45, 7) is 2.02. The third kappa shape index (κ3) is 2.97. The van der Waals surface area contributed by atoms with Gasteiger partial charge in [0.25, 0.3) is 0 Å². The molecule has 4 heteroatoms. The molecule has 0 bridgehead atoms. The Morgan fingerprint density at radius 3 is 2.54 bits per heavy atom. The number of aromatic hydroxyl groups is 1. The zero-order chi connectivity index (χ0) is 18.3. The maximum atomic E-state index is 10.6. The molecule has 1 aromatic heterocycles. The Morgan fingerprint density at radius 1 is 1.04 bits per heavy atom. The minimum Gasteiger partial charge on any atom is -0.506 e. The number of halogens is 1. The number of benzene rings is 3. The summed E-state index contributed by atoms with van der Waals surface area (Å²) >= 11 is 3.46. The van der Waals surface area contributed by atoms with E-state index < -0.39 is 0 Å². The summed E-state index contributed by atoms with van der Waals surface area (Å²) in [6.07, 6.45) is 0.755. The van der Waals surface area contributed by atoms with Crippen LogP contribution in [0.5, 0.6) is 5.75 Å². The normalized spacial score (nSPS) is 11.2. The van der Waals surface area contributed by atoms with Crippen LogP contribution in [0.4, 0.5) is 5.69 Å². The summed E-state index contributed by atoms with van der Waals surface area (Å²) < 4.78 is 0.699. The van der Waals surface area contributed by atoms with E-state index in [-0.39, 0.29) is 5.75 Å². The molecule has 3 nitrogen and oxygen atoms in total. The molecule has 0 aliphatic rings. The van der Waals surface area contributed by atoms with Gasteiger partial charge in [0.1, 0.15) is 5.75 Å². The van der Waals surface area contributed by atoms with Crippen LogP contribution in [0, 0.1) is 6.92 Å². The van der Waals surface area contributed by atoms with Crippen molar-refractivity contribution < 1.29 is 5.11 Å². The fourth-order valence-electron chi connectivity index (χ4n) is 3.38.